The first-order chi connectivity index (χ1) is 14.5. The van der Waals surface area contributed by atoms with Gasteiger partial charge in [-0.25, -0.2) is 10.2 Å². The zero-order chi connectivity index (χ0) is 21.5. The molecule has 3 aromatic rings. The largest absolute Gasteiger partial charge is 0.506 e. The van der Waals surface area contributed by atoms with Gasteiger partial charge in [-0.2, -0.15) is 5.10 Å². The molecule has 0 aliphatic heterocycles. The Labute approximate surface area is 177 Å². The Morgan fingerprint density at radius 3 is 2.63 bits per heavy atom. The first-order valence-electron chi connectivity index (χ1n) is 9.11. The van der Waals surface area contributed by atoms with E-state index in [1.807, 2.05) is 24.3 Å². The second-order valence-corrected chi connectivity index (χ2v) is 6.56. The Kier molecular flexibility index (Phi) is 6.87. The fourth-order valence-electron chi connectivity index (χ4n) is 2.75. The van der Waals surface area contributed by atoms with Crippen molar-refractivity contribution in [2.24, 2.45) is 5.10 Å². The van der Waals surface area contributed by atoms with Crippen LogP contribution in [0.5, 0.6) is 11.5 Å². The lowest BCUT2D eigenvalue weighted by Gasteiger charge is -2.10. The van der Waals surface area contributed by atoms with E-state index in [2.05, 4.69) is 10.5 Å². The molecule has 0 bridgehead atoms. The molecule has 3 aromatic carbocycles. The summed E-state index contributed by atoms with van der Waals surface area (Å²) < 4.78 is 10.5. The van der Waals surface area contributed by atoms with Gasteiger partial charge in [0.25, 0.3) is 5.91 Å². The highest BCUT2D eigenvalue weighted by atomic mass is 35.5. The quantitative estimate of drug-likeness (QED) is 0.339. The number of halogens is 1. The Morgan fingerprint density at radius 2 is 1.90 bits per heavy atom. The predicted octanol–water partition coefficient (Wildman–Crippen LogP) is 3.90. The van der Waals surface area contributed by atoms with E-state index in [-0.39, 0.29) is 22.9 Å². The summed E-state index contributed by atoms with van der Waals surface area (Å²) in [5.74, 6) is -0.469. The van der Waals surface area contributed by atoms with Crippen molar-refractivity contribution < 1.29 is 24.2 Å². The molecule has 0 aliphatic rings. The molecule has 0 heterocycles. The Hall–Kier alpha value is -3.58. The minimum Gasteiger partial charge on any atom is -0.506 e. The van der Waals surface area contributed by atoms with Crippen LogP contribution in [0.25, 0.3) is 10.8 Å². The van der Waals surface area contributed by atoms with Crippen LogP contribution in [0.2, 0.25) is 5.02 Å². The van der Waals surface area contributed by atoms with Gasteiger partial charge in [0.15, 0.2) is 6.61 Å². The molecule has 0 atom stereocenters. The summed E-state index contributed by atoms with van der Waals surface area (Å²) in [5.41, 5.74) is 3.44. The van der Waals surface area contributed by atoms with E-state index in [0.29, 0.717) is 12.4 Å². The topological polar surface area (TPSA) is 97.2 Å². The summed E-state index contributed by atoms with van der Waals surface area (Å²) in [6.07, 6.45) is 1.51. The van der Waals surface area contributed by atoms with E-state index < -0.39 is 11.9 Å². The summed E-state index contributed by atoms with van der Waals surface area (Å²) in [4.78, 5) is 23.7. The monoisotopic (exact) mass is 426 g/mol. The lowest BCUT2D eigenvalue weighted by atomic mass is 10.0. The lowest BCUT2D eigenvalue weighted by molar-refractivity contribution is -0.145. The summed E-state index contributed by atoms with van der Waals surface area (Å²) in [7, 11) is 0. The highest BCUT2D eigenvalue weighted by Gasteiger charge is 2.10. The van der Waals surface area contributed by atoms with Gasteiger partial charge < -0.3 is 14.6 Å². The molecule has 0 aliphatic carbocycles. The van der Waals surface area contributed by atoms with Crippen LogP contribution in [0.15, 0.2) is 59.7 Å². The summed E-state index contributed by atoms with van der Waals surface area (Å²) in [6, 6.07) is 15.1. The number of carbonyl (C=O) groups excluding carboxylic acids is 2. The van der Waals surface area contributed by atoms with Crippen molar-refractivity contribution in [2.45, 2.75) is 6.92 Å². The normalized spacial score (nSPS) is 10.9. The van der Waals surface area contributed by atoms with Crippen molar-refractivity contribution >= 4 is 40.5 Å². The zero-order valence-corrected chi connectivity index (χ0v) is 16.8. The van der Waals surface area contributed by atoms with Crippen LogP contribution in [-0.2, 0) is 9.53 Å². The molecule has 0 radical (unpaired) electrons. The first-order valence-corrected chi connectivity index (χ1v) is 9.49. The molecule has 2 N–H and O–H groups in total. The number of nitrogens with one attached hydrogen (secondary N) is 1. The highest BCUT2D eigenvalue weighted by molar-refractivity contribution is 6.32. The number of benzene rings is 3. The number of carbonyl (C=O) groups is 2. The maximum atomic E-state index is 12.2. The number of ether oxygens (including phenoxy) is 2. The van der Waals surface area contributed by atoms with Gasteiger partial charge in [-0.05, 0) is 42.6 Å². The van der Waals surface area contributed by atoms with Crippen LogP contribution in [0.1, 0.15) is 22.8 Å². The van der Waals surface area contributed by atoms with E-state index >= 15 is 0 Å². The van der Waals surface area contributed by atoms with Crippen molar-refractivity contribution in [3.8, 4) is 11.5 Å². The number of aromatic hydroxyl groups is 1. The fourth-order valence-corrected chi connectivity index (χ4v) is 2.93. The third kappa shape index (κ3) is 5.07. The average molecular weight is 427 g/mol. The molecule has 0 unspecified atom stereocenters. The smallest absolute Gasteiger partial charge is 0.344 e. The minimum atomic E-state index is -0.466. The maximum Gasteiger partial charge on any atom is 0.344 e. The lowest BCUT2D eigenvalue weighted by Crippen LogP contribution is -2.17. The van der Waals surface area contributed by atoms with Crippen molar-refractivity contribution in [2.75, 3.05) is 13.2 Å². The third-order valence-electron chi connectivity index (χ3n) is 4.15. The number of esters is 1. The number of phenols is 1. The fraction of sp³-hybridized carbons (Fsp3) is 0.136. The molecular formula is C22H19ClN2O5. The van der Waals surface area contributed by atoms with Crippen LogP contribution in [0.4, 0.5) is 0 Å². The molecule has 0 saturated heterocycles. The number of rotatable bonds is 7. The number of phenolic OH excluding ortho intramolecular Hbond substituents is 1. The number of hydrogen-bond donors (Lipinski definition) is 2. The first kappa shape index (κ1) is 21.1. The molecule has 7 nitrogen and oxygen atoms in total. The Balaban J connectivity index is 1.76. The molecule has 0 fully saturated rings. The van der Waals surface area contributed by atoms with Gasteiger partial charge in [0, 0.05) is 16.5 Å². The molecule has 3 rings (SSSR count). The third-order valence-corrected chi connectivity index (χ3v) is 4.45. The van der Waals surface area contributed by atoms with Crippen LogP contribution in [0, 0.1) is 0 Å². The Bertz CT molecular complexity index is 1110. The van der Waals surface area contributed by atoms with Crippen molar-refractivity contribution in [1.82, 2.24) is 5.43 Å². The summed E-state index contributed by atoms with van der Waals surface area (Å²) in [6.45, 7) is 1.84. The van der Waals surface area contributed by atoms with E-state index in [9.17, 15) is 14.7 Å². The van der Waals surface area contributed by atoms with Crippen molar-refractivity contribution in [3.05, 3.63) is 70.7 Å². The van der Waals surface area contributed by atoms with Crippen molar-refractivity contribution in [1.29, 1.82) is 0 Å². The van der Waals surface area contributed by atoms with Gasteiger partial charge in [0.1, 0.15) is 11.5 Å². The van der Waals surface area contributed by atoms with Crippen LogP contribution >= 0.6 is 11.6 Å². The average Bonchev–Trinajstić information content (AvgIpc) is 2.75. The molecular weight excluding hydrogens is 408 g/mol. The van der Waals surface area contributed by atoms with Gasteiger partial charge in [-0.3, -0.25) is 4.79 Å². The second-order valence-electron chi connectivity index (χ2n) is 6.16. The molecule has 8 heteroatoms. The van der Waals surface area contributed by atoms with E-state index in [4.69, 9.17) is 21.1 Å². The van der Waals surface area contributed by atoms with E-state index in [0.717, 1.165) is 16.3 Å². The Morgan fingerprint density at radius 1 is 1.13 bits per heavy atom. The molecule has 1 amide bonds. The van der Waals surface area contributed by atoms with Crippen LogP contribution in [0.3, 0.4) is 0 Å². The van der Waals surface area contributed by atoms with Gasteiger partial charge in [0.2, 0.25) is 0 Å². The van der Waals surface area contributed by atoms with Gasteiger partial charge in [0.05, 0.1) is 17.8 Å². The van der Waals surface area contributed by atoms with E-state index in [1.165, 1.54) is 24.4 Å². The van der Waals surface area contributed by atoms with Gasteiger partial charge >= 0.3 is 5.97 Å². The second kappa shape index (κ2) is 9.76. The highest BCUT2D eigenvalue weighted by Crippen LogP contribution is 2.28. The number of fused-ring (bicyclic) bond motifs is 1. The minimum absolute atomic E-state index is 0.0797. The number of hydrazone groups is 1. The zero-order valence-electron chi connectivity index (χ0n) is 16.1. The molecule has 30 heavy (non-hydrogen) atoms. The van der Waals surface area contributed by atoms with E-state index in [1.54, 1.807) is 19.1 Å². The van der Waals surface area contributed by atoms with Crippen molar-refractivity contribution in [3.63, 3.8) is 0 Å². The molecule has 0 spiro atoms. The van der Waals surface area contributed by atoms with Crippen LogP contribution in [-0.4, -0.2) is 36.4 Å². The summed E-state index contributed by atoms with van der Waals surface area (Å²) in [5, 5.41) is 15.2. The van der Waals surface area contributed by atoms with Gasteiger partial charge in [-0.15, -0.1) is 0 Å². The predicted molar refractivity (Wildman–Crippen MR) is 114 cm³/mol. The molecule has 0 aromatic heterocycles. The number of amides is 1. The maximum absolute atomic E-state index is 12.2. The molecule has 0 saturated carbocycles. The van der Waals surface area contributed by atoms with Crippen LogP contribution < -0.4 is 10.2 Å². The standard InChI is InChI=1S/C22H19ClN2O5/c1-2-29-21(27)13-30-20-10-8-15(16-5-3-4-6-17(16)20)12-24-25-22(28)14-7-9-19(26)18(23)11-14/h3-12,26H,2,13H2,1H3,(H,25,28)/b24-12+. The number of hydrogen-bond acceptors (Lipinski definition) is 6. The number of nitrogens with zero attached hydrogens (tertiary/aromatic N) is 1. The SMILES string of the molecule is CCOC(=O)COc1ccc(/C=N/NC(=O)c2ccc(O)c(Cl)c2)c2ccccc12. The summed E-state index contributed by atoms with van der Waals surface area (Å²) >= 11 is 5.82. The van der Waals surface area contributed by atoms with Gasteiger partial charge in [-0.1, -0.05) is 35.9 Å². The molecule has 154 valence electrons.